The molecule has 0 aromatic carbocycles. The Kier molecular flexibility index (Phi) is 7.04. The van der Waals surface area contributed by atoms with Crippen LogP contribution in [0.3, 0.4) is 0 Å². The van der Waals surface area contributed by atoms with Crippen molar-refractivity contribution >= 4 is 5.78 Å². The fraction of sp³-hybridized carbons (Fsp3) is 0.929. The highest BCUT2D eigenvalue weighted by atomic mass is 16.6. The predicted octanol–water partition coefficient (Wildman–Crippen LogP) is 2.15. The summed E-state index contributed by atoms with van der Waals surface area (Å²) in [6.07, 6.45) is 0.800. The van der Waals surface area contributed by atoms with Gasteiger partial charge in [0.25, 0.3) is 0 Å². The Bertz CT molecular complexity index is 260. The molecule has 0 saturated heterocycles. The first-order chi connectivity index (χ1) is 8.09. The molecule has 0 fully saturated rings. The van der Waals surface area contributed by atoms with Crippen molar-refractivity contribution in [3.05, 3.63) is 0 Å². The average Bonchev–Trinajstić information content (AvgIpc) is 2.23. The first-order valence-electron chi connectivity index (χ1n) is 6.60. The Balaban J connectivity index is 4.11. The Labute approximate surface area is 111 Å². The van der Waals surface area contributed by atoms with E-state index in [-0.39, 0.29) is 23.9 Å². The zero-order valence-corrected chi connectivity index (χ0v) is 12.7. The molecule has 0 aliphatic carbocycles. The van der Waals surface area contributed by atoms with Gasteiger partial charge in [-0.2, -0.15) is 0 Å². The summed E-state index contributed by atoms with van der Waals surface area (Å²) in [5.41, 5.74) is 4.82. The van der Waals surface area contributed by atoms with E-state index < -0.39 is 5.60 Å². The molecule has 0 aliphatic heterocycles. The molecule has 0 rings (SSSR count). The van der Waals surface area contributed by atoms with Crippen molar-refractivity contribution in [1.29, 1.82) is 0 Å². The van der Waals surface area contributed by atoms with Crippen LogP contribution in [0.25, 0.3) is 0 Å². The van der Waals surface area contributed by atoms with E-state index in [1.54, 1.807) is 0 Å². The number of hydrogen-bond acceptors (Lipinski definition) is 4. The second-order valence-electron chi connectivity index (χ2n) is 6.26. The van der Waals surface area contributed by atoms with E-state index in [4.69, 9.17) is 15.2 Å². The molecule has 0 radical (unpaired) electrons. The summed E-state index contributed by atoms with van der Waals surface area (Å²) < 4.78 is 11.4. The molecule has 0 spiro atoms. The molecule has 108 valence electrons. The van der Waals surface area contributed by atoms with Gasteiger partial charge in [0.2, 0.25) is 0 Å². The number of Topliss-reactive ketones (excluding diaryl/α,β-unsaturated/α-hetero) is 1. The van der Waals surface area contributed by atoms with Gasteiger partial charge in [0.05, 0.1) is 17.8 Å². The van der Waals surface area contributed by atoms with Crippen LogP contribution in [-0.2, 0) is 14.3 Å². The third-order valence-electron chi connectivity index (χ3n) is 2.81. The average molecular weight is 259 g/mol. The highest BCUT2D eigenvalue weighted by molar-refractivity contribution is 5.81. The zero-order chi connectivity index (χ0) is 14.4. The third-order valence-corrected chi connectivity index (χ3v) is 2.81. The Morgan fingerprint density at radius 3 is 2.11 bits per heavy atom. The Morgan fingerprint density at radius 1 is 1.11 bits per heavy atom. The lowest BCUT2D eigenvalue weighted by atomic mass is 10.0. The minimum Gasteiger partial charge on any atom is -0.373 e. The van der Waals surface area contributed by atoms with Gasteiger partial charge in [-0.1, -0.05) is 13.8 Å². The normalized spacial score (nSPS) is 13.1. The van der Waals surface area contributed by atoms with Gasteiger partial charge >= 0.3 is 0 Å². The molecule has 0 heterocycles. The van der Waals surface area contributed by atoms with E-state index in [9.17, 15) is 4.79 Å². The molecule has 0 bridgehead atoms. The van der Waals surface area contributed by atoms with Crippen molar-refractivity contribution in [2.45, 2.75) is 59.2 Å². The van der Waals surface area contributed by atoms with Crippen LogP contribution >= 0.6 is 0 Å². The van der Waals surface area contributed by atoms with Crippen molar-refractivity contribution in [3.8, 4) is 0 Å². The van der Waals surface area contributed by atoms with Crippen LogP contribution in [0.15, 0.2) is 0 Å². The first kappa shape index (κ1) is 17.6. The highest BCUT2D eigenvalue weighted by Gasteiger charge is 2.26. The van der Waals surface area contributed by atoms with E-state index in [0.717, 1.165) is 6.42 Å². The van der Waals surface area contributed by atoms with Crippen molar-refractivity contribution in [3.63, 3.8) is 0 Å². The SMILES string of the molecule is CC(C)C(=O)COC(C)(C)COC(C)(C)CCN. The summed E-state index contributed by atoms with van der Waals surface area (Å²) in [6.45, 7) is 12.8. The standard InChI is InChI=1S/C14H29NO3/c1-11(2)12(16)9-17-14(5,6)10-18-13(3,4)7-8-15/h11H,7-10,15H2,1-6H3. The summed E-state index contributed by atoms with van der Waals surface area (Å²) in [5.74, 6) is 0.125. The quantitative estimate of drug-likeness (QED) is 0.689. The van der Waals surface area contributed by atoms with Gasteiger partial charge in [-0.25, -0.2) is 0 Å². The molecule has 4 nitrogen and oxygen atoms in total. The molecule has 0 aliphatic rings. The van der Waals surface area contributed by atoms with Crippen LogP contribution in [0.5, 0.6) is 0 Å². The number of nitrogens with two attached hydrogens (primary N) is 1. The van der Waals surface area contributed by atoms with Gasteiger partial charge in [-0.05, 0) is 40.7 Å². The largest absolute Gasteiger partial charge is 0.373 e. The second-order valence-corrected chi connectivity index (χ2v) is 6.26. The fourth-order valence-electron chi connectivity index (χ4n) is 1.26. The zero-order valence-electron chi connectivity index (χ0n) is 12.7. The van der Waals surface area contributed by atoms with Crippen LogP contribution in [0, 0.1) is 5.92 Å². The number of rotatable bonds is 9. The van der Waals surface area contributed by atoms with Gasteiger partial charge in [-0.3, -0.25) is 4.79 Å². The molecular weight excluding hydrogens is 230 g/mol. The first-order valence-corrected chi connectivity index (χ1v) is 6.60. The third kappa shape index (κ3) is 7.80. The summed E-state index contributed by atoms with van der Waals surface area (Å²) in [6, 6.07) is 0. The maximum absolute atomic E-state index is 11.5. The van der Waals surface area contributed by atoms with Gasteiger partial charge in [0.1, 0.15) is 6.61 Å². The lowest BCUT2D eigenvalue weighted by Gasteiger charge is -2.31. The highest BCUT2D eigenvalue weighted by Crippen LogP contribution is 2.18. The summed E-state index contributed by atoms with van der Waals surface area (Å²) in [5, 5.41) is 0. The molecule has 0 atom stereocenters. The summed E-state index contributed by atoms with van der Waals surface area (Å²) in [4.78, 5) is 11.5. The van der Waals surface area contributed by atoms with Gasteiger partial charge in [0, 0.05) is 5.92 Å². The number of hydrogen-bond donors (Lipinski definition) is 1. The molecule has 4 heteroatoms. The molecular formula is C14H29NO3. The minimum atomic E-state index is -0.462. The van der Waals surface area contributed by atoms with Crippen LogP contribution in [0.1, 0.15) is 48.0 Å². The topological polar surface area (TPSA) is 61.5 Å². The van der Waals surface area contributed by atoms with Crippen LogP contribution in [0.2, 0.25) is 0 Å². The molecule has 0 aromatic rings. The van der Waals surface area contributed by atoms with Crippen molar-refractivity contribution in [2.24, 2.45) is 11.7 Å². The van der Waals surface area contributed by atoms with E-state index in [1.165, 1.54) is 0 Å². The van der Waals surface area contributed by atoms with E-state index in [0.29, 0.717) is 13.2 Å². The Morgan fingerprint density at radius 2 is 1.67 bits per heavy atom. The molecule has 0 aromatic heterocycles. The summed E-state index contributed by atoms with van der Waals surface area (Å²) in [7, 11) is 0. The molecule has 18 heavy (non-hydrogen) atoms. The predicted molar refractivity (Wildman–Crippen MR) is 73.6 cm³/mol. The van der Waals surface area contributed by atoms with Crippen LogP contribution in [-0.4, -0.2) is 36.7 Å². The lowest BCUT2D eigenvalue weighted by Crippen LogP contribution is -2.39. The molecule has 0 unspecified atom stereocenters. The van der Waals surface area contributed by atoms with E-state index in [2.05, 4.69) is 0 Å². The van der Waals surface area contributed by atoms with Gasteiger partial charge in [-0.15, -0.1) is 0 Å². The van der Waals surface area contributed by atoms with Crippen LogP contribution in [0.4, 0.5) is 0 Å². The van der Waals surface area contributed by atoms with Gasteiger partial charge < -0.3 is 15.2 Å². The van der Waals surface area contributed by atoms with Gasteiger partial charge in [0.15, 0.2) is 5.78 Å². The maximum Gasteiger partial charge on any atom is 0.161 e. The van der Waals surface area contributed by atoms with E-state index in [1.807, 2.05) is 41.5 Å². The van der Waals surface area contributed by atoms with Crippen molar-refractivity contribution in [1.82, 2.24) is 0 Å². The van der Waals surface area contributed by atoms with Crippen LogP contribution < -0.4 is 5.73 Å². The van der Waals surface area contributed by atoms with Crippen molar-refractivity contribution in [2.75, 3.05) is 19.8 Å². The Hall–Kier alpha value is -0.450. The summed E-state index contributed by atoms with van der Waals surface area (Å²) >= 11 is 0. The molecule has 0 saturated carbocycles. The smallest absolute Gasteiger partial charge is 0.161 e. The maximum atomic E-state index is 11.5. The number of ether oxygens (including phenoxy) is 2. The number of carbonyl (C=O) groups is 1. The number of carbonyl (C=O) groups excluding carboxylic acids is 1. The lowest BCUT2D eigenvalue weighted by molar-refractivity contribution is -0.144. The monoisotopic (exact) mass is 259 g/mol. The fourth-order valence-corrected chi connectivity index (χ4v) is 1.26. The minimum absolute atomic E-state index is 0.00963. The van der Waals surface area contributed by atoms with Crippen molar-refractivity contribution < 1.29 is 14.3 Å². The number of ketones is 1. The second kappa shape index (κ2) is 7.22. The van der Waals surface area contributed by atoms with E-state index >= 15 is 0 Å². The molecule has 2 N–H and O–H groups in total. The molecule has 0 amide bonds.